The van der Waals surface area contributed by atoms with Crippen LogP contribution < -0.4 is 31.1 Å². The van der Waals surface area contributed by atoms with Crippen LogP contribution in [0.25, 0.3) is 21.9 Å². The third-order valence-electron chi connectivity index (χ3n) is 21.6. The highest BCUT2D eigenvalue weighted by molar-refractivity contribution is 7.00. The minimum atomic E-state index is -0.381. The number of hydrogen-bond acceptors (Lipinski definition) is 3. The molecule has 0 spiro atoms. The predicted molar refractivity (Wildman–Crippen MR) is 346 cm³/mol. The summed E-state index contributed by atoms with van der Waals surface area (Å²) in [6.07, 6.45) is 6.71. The van der Waals surface area contributed by atoms with E-state index in [2.05, 4.69) is 280 Å². The Hall–Kier alpha value is -7.30. The number of nitrogens with zero attached hydrogens (tertiary/aromatic N) is 3. The van der Waals surface area contributed by atoms with E-state index in [-0.39, 0.29) is 44.9 Å². The molecule has 0 radical (unpaired) electrons. The summed E-state index contributed by atoms with van der Waals surface area (Å²) < 4.78 is 0. The van der Waals surface area contributed by atoms with Crippen LogP contribution in [0, 0.1) is 0 Å². The Morgan fingerprint density at radius 1 is 0.444 bits per heavy atom. The van der Waals surface area contributed by atoms with Crippen LogP contribution in [0.2, 0.25) is 0 Å². The molecular weight excluding hydrogens is 978 g/mol. The van der Waals surface area contributed by atoms with E-state index in [1.54, 1.807) is 0 Å². The lowest BCUT2D eigenvalue weighted by Crippen LogP contribution is -2.64. The first-order valence-corrected chi connectivity index (χ1v) is 30.5. The third kappa shape index (κ3) is 6.77. The Morgan fingerprint density at radius 2 is 1.07 bits per heavy atom. The van der Waals surface area contributed by atoms with Gasteiger partial charge in [-0.2, -0.15) is 0 Å². The molecule has 9 aromatic carbocycles. The molecule has 6 aliphatic rings. The molecule has 81 heavy (non-hydrogen) atoms. The summed E-state index contributed by atoms with van der Waals surface area (Å²) in [6.45, 7) is 29.3. The van der Waals surface area contributed by atoms with Crippen molar-refractivity contribution in [1.29, 1.82) is 0 Å². The SMILES string of the molecule is CC(C)(C)c1ccc2c(c1)B1c3cccc4c3N(c3cc(N5c6ccc(C(C)(C)C)cc6C6(c7ccccc7)CCCCC56C)cc(c31)N2c1ccc(C(C)(C)C)cc1-c1ccc2ccccc2c1)C1(C)c2ccccc2CCC41C. The van der Waals surface area contributed by atoms with Gasteiger partial charge in [-0.3, -0.25) is 0 Å². The Labute approximate surface area is 483 Å². The Balaban J connectivity index is 1.10. The minimum absolute atomic E-state index is 0.00162. The average molecular weight is 1060 g/mol. The first-order chi connectivity index (χ1) is 38.7. The van der Waals surface area contributed by atoms with E-state index in [4.69, 9.17) is 0 Å². The molecule has 0 N–H and O–H groups in total. The van der Waals surface area contributed by atoms with Crippen LogP contribution in [0.3, 0.4) is 0 Å². The van der Waals surface area contributed by atoms with Gasteiger partial charge in [-0.25, -0.2) is 0 Å². The minimum Gasteiger partial charge on any atom is -0.334 e. The Kier molecular flexibility index (Phi) is 10.6. The second-order valence-electron chi connectivity index (χ2n) is 28.9. The van der Waals surface area contributed by atoms with Gasteiger partial charge in [0.2, 0.25) is 0 Å². The van der Waals surface area contributed by atoms with Gasteiger partial charge in [0.25, 0.3) is 6.71 Å². The highest BCUT2D eigenvalue weighted by Gasteiger charge is 2.65. The second-order valence-corrected chi connectivity index (χ2v) is 28.9. The van der Waals surface area contributed by atoms with E-state index in [0.29, 0.717) is 0 Å². The molecule has 0 aromatic heterocycles. The fourth-order valence-electron chi connectivity index (χ4n) is 17.1. The van der Waals surface area contributed by atoms with Crippen molar-refractivity contribution in [1.82, 2.24) is 0 Å². The van der Waals surface area contributed by atoms with Crippen LogP contribution >= 0.6 is 0 Å². The monoisotopic (exact) mass is 1060 g/mol. The fraction of sp³-hybridized carbons (Fsp3) is 0.325. The molecule has 4 aliphatic heterocycles. The van der Waals surface area contributed by atoms with Crippen LogP contribution in [0.5, 0.6) is 0 Å². The molecular formula is C77H78BN3. The van der Waals surface area contributed by atoms with Crippen molar-refractivity contribution >= 4 is 73.7 Å². The highest BCUT2D eigenvalue weighted by Crippen LogP contribution is 2.68. The first-order valence-electron chi connectivity index (χ1n) is 30.5. The summed E-state index contributed by atoms with van der Waals surface area (Å²) in [5.74, 6) is 0. The molecule has 0 amide bonds. The standard InChI is InChI=1S/C77H78BN3/c1-71(2,3)54-33-36-64(58(44-54)52-32-31-49-23-16-17-25-51(49)43-52)79-66-38-35-56(73(7,8)9)46-63(66)78-62-30-22-29-60-70(62)81(76(12)59-28-19-18-24-50(59)39-42-74(60,76)10)68-48-57(47-67(79)69(68)78)80-65-37-34-55(72(4,5)6)45-61(65)77(53-26-14-13-15-27-53)41-21-20-40-75(77,80)11/h13-19,22-38,43-48H,20-21,39-42H2,1-12H3. The number of rotatable bonds is 4. The van der Waals surface area contributed by atoms with E-state index in [9.17, 15) is 0 Å². The van der Waals surface area contributed by atoms with Crippen molar-refractivity contribution in [3.05, 3.63) is 226 Å². The maximum atomic E-state index is 2.92. The molecule has 2 aliphatic carbocycles. The topological polar surface area (TPSA) is 9.72 Å². The van der Waals surface area contributed by atoms with E-state index >= 15 is 0 Å². The van der Waals surface area contributed by atoms with Gasteiger partial charge in [0.15, 0.2) is 0 Å². The molecule has 404 valence electrons. The smallest absolute Gasteiger partial charge is 0.252 e. The van der Waals surface area contributed by atoms with Crippen LogP contribution in [0.15, 0.2) is 182 Å². The Bertz CT molecular complexity index is 4110. The fourth-order valence-corrected chi connectivity index (χ4v) is 17.1. The van der Waals surface area contributed by atoms with E-state index < -0.39 is 0 Å². The molecule has 9 aromatic rings. The zero-order valence-corrected chi connectivity index (χ0v) is 50.0. The number of benzene rings is 9. The van der Waals surface area contributed by atoms with Crippen LogP contribution in [0.1, 0.15) is 160 Å². The summed E-state index contributed by atoms with van der Waals surface area (Å²) in [4.78, 5) is 8.56. The van der Waals surface area contributed by atoms with Gasteiger partial charge < -0.3 is 14.7 Å². The van der Waals surface area contributed by atoms with Crippen molar-refractivity contribution in [2.75, 3.05) is 14.7 Å². The lowest BCUT2D eigenvalue weighted by atomic mass is 9.33. The summed E-state index contributed by atoms with van der Waals surface area (Å²) in [5, 5.41) is 2.51. The predicted octanol–water partition coefficient (Wildman–Crippen LogP) is 18.1. The van der Waals surface area contributed by atoms with Gasteiger partial charge in [0.1, 0.15) is 0 Å². The zero-order chi connectivity index (χ0) is 56.0. The molecule has 1 saturated carbocycles. The molecule has 4 heteroatoms. The molecule has 3 nitrogen and oxygen atoms in total. The molecule has 0 saturated heterocycles. The van der Waals surface area contributed by atoms with Crippen molar-refractivity contribution in [2.24, 2.45) is 0 Å². The second kappa shape index (κ2) is 16.9. The summed E-state index contributed by atoms with van der Waals surface area (Å²) in [5.41, 5.74) is 26.1. The molecule has 15 rings (SSSR count). The van der Waals surface area contributed by atoms with Gasteiger partial charge in [-0.15, -0.1) is 0 Å². The maximum Gasteiger partial charge on any atom is 0.252 e. The van der Waals surface area contributed by atoms with Gasteiger partial charge in [-0.1, -0.05) is 222 Å². The van der Waals surface area contributed by atoms with Gasteiger partial charge in [0, 0.05) is 50.5 Å². The quantitative estimate of drug-likeness (QED) is 0.163. The lowest BCUT2D eigenvalue weighted by molar-refractivity contribution is 0.215. The molecule has 4 heterocycles. The largest absolute Gasteiger partial charge is 0.334 e. The molecule has 0 bridgehead atoms. The molecule has 4 unspecified atom stereocenters. The van der Waals surface area contributed by atoms with Gasteiger partial charge in [0.05, 0.1) is 16.8 Å². The summed E-state index contributed by atoms with van der Waals surface area (Å²) in [7, 11) is 0. The maximum absolute atomic E-state index is 2.92. The van der Waals surface area contributed by atoms with Crippen molar-refractivity contribution < 1.29 is 0 Å². The van der Waals surface area contributed by atoms with Crippen LogP contribution in [0.4, 0.5) is 39.8 Å². The molecule has 4 atom stereocenters. The van der Waals surface area contributed by atoms with Crippen LogP contribution in [-0.2, 0) is 39.0 Å². The Morgan fingerprint density at radius 3 is 1.83 bits per heavy atom. The number of hydrogen-bond donors (Lipinski definition) is 0. The van der Waals surface area contributed by atoms with Gasteiger partial charge >= 0.3 is 0 Å². The normalized spacial score (nSPS) is 23.1. The van der Waals surface area contributed by atoms with Crippen molar-refractivity contribution in [3.8, 4) is 11.1 Å². The number of fused-ring (bicyclic) bond motifs is 13. The van der Waals surface area contributed by atoms with Crippen LogP contribution in [-0.4, -0.2) is 12.3 Å². The summed E-state index contributed by atoms with van der Waals surface area (Å²) in [6, 6.07) is 72.6. The average Bonchev–Trinajstić information content (AvgIpc) is 1.85. The summed E-state index contributed by atoms with van der Waals surface area (Å²) >= 11 is 0. The number of para-hydroxylation sites is 1. The van der Waals surface area contributed by atoms with E-state index in [1.807, 2.05) is 0 Å². The zero-order valence-electron chi connectivity index (χ0n) is 50.0. The number of aryl methyl sites for hydroxylation is 1. The lowest BCUT2D eigenvalue weighted by Gasteiger charge is -2.54. The first kappa shape index (κ1) is 50.6. The third-order valence-corrected chi connectivity index (χ3v) is 21.6. The van der Waals surface area contributed by atoms with E-state index in [0.717, 1.165) is 25.7 Å². The highest BCUT2D eigenvalue weighted by atomic mass is 15.3. The van der Waals surface area contributed by atoms with E-state index in [1.165, 1.54) is 135 Å². The van der Waals surface area contributed by atoms with Crippen molar-refractivity contribution in [2.45, 2.75) is 160 Å². The van der Waals surface area contributed by atoms with Gasteiger partial charge in [-0.05, 0) is 175 Å². The van der Waals surface area contributed by atoms with Crippen molar-refractivity contribution in [3.63, 3.8) is 0 Å². The molecule has 1 fully saturated rings. The number of anilines is 7.